The molecule has 0 saturated carbocycles. The second kappa shape index (κ2) is 11.1. The van der Waals surface area contributed by atoms with Gasteiger partial charge in [0.25, 0.3) is 5.91 Å². The fourth-order valence-corrected chi connectivity index (χ4v) is 4.81. The lowest BCUT2D eigenvalue weighted by Gasteiger charge is -2.14. The maximum absolute atomic E-state index is 12.7. The summed E-state index contributed by atoms with van der Waals surface area (Å²) >= 11 is 18.9. The van der Waals surface area contributed by atoms with E-state index in [4.69, 9.17) is 35.4 Å². The minimum Gasteiger partial charge on any atom is -0.326 e. The Morgan fingerprint density at radius 3 is 2.71 bits per heavy atom. The first-order chi connectivity index (χ1) is 14.8. The smallest absolute Gasteiger partial charge is 0.266 e. The molecule has 31 heavy (non-hydrogen) atoms. The van der Waals surface area contributed by atoms with Gasteiger partial charge in [0.05, 0.1) is 15.0 Å². The molecule has 4 nitrogen and oxygen atoms in total. The number of nitrogens with zero attached hydrogens (tertiary/aromatic N) is 1. The molecular formula is C23H22Cl2N2O2S2. The van der Waals surface area contributed by atoms with Crippen LogP contribution in [-0.4, -0.2) is 27.6 Å². The van der Waals surface area contributed by atoms with Gasteiger partial charge >= 0.3 is 0 Å². The second-order valence-electron chi connectivity index (χ2n) is 7.20. The SMILES string of the molecule is Cc1cccc(NC(=O)CCCCCN2C(=O)/C(=C/c3cccc(Cl)c3Cl)SC2=S)c1. The topological polar surface area (TPSA) is 49.4 Å². The van der Waals surface area contributed by atoms with Crippen LogP contribution in [0.15, 0.2) is 47.4 Å². The van der Waals surface area contributed by atoms with E-state index in [0.717, 1.165) is 30.5 Å². The largest absolute Gasteiger partial charge is 0.326 e. The number of aryl methyl sites for hydroxylation is 1. The van der Waals surface area contributed by atoms with Gasteiger partial charge in [0, 0.05) is 18.7 Å². The zero-order valence-electron chi connectivity index (χ0n) is 17.0. The number of anilines is 1. The van der Waals surface area contributed by atoms with Crippen LogP contribution in [0.1, 0.15) is 36.8 Å². The van der Waals surface area contributed by atoms with Crippen molar-refractivity contribution in [3.8, 4) is 0 Å². The number of benzene rings is 2. The molecule has 0 aliphatic carbocycles. The molecule has 0 spiro atoms. The van der Waals surface area contributed by atoms with Gasteiger partial charge in [0.2, 0.25) is 5.91 Å². The van der Waals surface area contributed by atoms with Crippen LogP contribution in [-0.2, 0) is 9.59 Å². The Morgan fingerprint density at radius 2 is 1.94 bits per heavy atom. The third kappa shape index (κ3) is 6.56. The molecule has 162 valence electrons. The van der Waals surface area contributed by atoms with Crippen LogP contribution in [0.5, 0.6) is 0 Å². The molecule has 2 aromatic rings. The average molecular weight is 493 g/mol. The van der Waals surface area contributed by atoms with Crippen LogP contribution in [0.25, 0.3) is 6.08 Å². The van der Waals surface area contributed by atoms with Crippen LogP contribution in [0, 0.1) is 6.92 Å². The third-order valence-electron chi connectivity index (χ3n) is 4.73. The molecule has 1 heterocycles. The van der Waals surface area contributed by atoms with Gasteiger partial charge < -0.3 is 5.32 Å². The summed E-state index contributed by atoms with van der Waals surface area (Å²) in [7, 11) is 0. The minimum absolute atomic E-state index is 0.00227. The van der Waals surface area contributed by atoms with E-state index < -0.39 is 0 Å². The molecule has 2 amide bonds. The van der Waals surface area contributed by atoms with E-state index in [1.165, 1.54) is 11.8 Å². The van der Waals surface area contributed by atoms with Gasteiger partial charge in [-0.25, -0.2) is 0 Å². The summed E-state index contributed by atoms with van der Waals surface area (Å²) in [5.74, 6) is -0.124. The molecular weight excluding hydrogens is 471 g/mol. The van der Waals surface area contributed by atoms with E-state index in [0.29, 0.717) is 37.8 Å². The molecule has 3 rings (SSSR count). The molecule has 1 saturated heterocycles. The third-order valence-corrected chi connectivity index (χ3v) is 6.94. The average Bonchev–Trinajstić information content (AvgIpc) is 2.98. The quantitative estimate of drug-likeness (QED) is 0.253. The van der Waals surface area contributed by atoms with Crippen LogP contribution in [0.4, 0.5) is 5.69 Å². The van der Waals surface area contributed by atoms with E-state index in [1.54, 1.807) is 23.1 Å². The molecule has 0 bridgehead atoms. The van der Waals surface area contributed by atoms with Crippen LogP contribution in [0.2, 0.25) is 10.0 Å². The Hall–Kier alpha value is -1.86. The Morgan fingerprint density at radius 1 is 1.16 bits per heavy atom. The van der Waals surface area contributed by atoms with Crippen molar-refractivity contribution in [2.75, 3.05) is 11.9 Å². The second-order valence-corrected chi connectivity index (χ2v) is 9.67. The fraction of sp³-hybridized carbons (Fsp3) is 0.261. The highest BCUT2D eigenvalue weighted by Crippen LogP contribution is 2.35. The normalized spacial score (nSPS) is 15.1. The van der Waals surface area contributed by atoms with Gasteiger partial charge in [-0.3, -0.25) is 14.5 Å². The van der Waals surface area contributed by atoms with Gasteiger partial charge in [-0.15, -0.1) is 0 Å². The number of unbranched alkanes of at least 4 members (excludes halogenated alkanes) is 2. The predicted molar refractivity (Wildman–Crippen MR) is 135 cm³/mol. The molecule has 1 aliphatic rings. The van der Waals surface area contributed by atoms with E-state index >= 15 is 0 Å². The number of hydrogen-bond donors (Lipinski definition) is 1. The number of hydrogen-bond acceptors (Lipinski definition) is 4. The monoisotopic (exact) mass is 492 g/mol. The van der Waals surface area contributed by atoms with Crippen molar-refractivity contribution in [2.24, 2.45) is 0 Å². The van der Waals surface area contributed by atoms with Crippen molar-refractivity contribution in [3.05, 3.63) is 68.5 Å². The van der Waals surface area contributed by atoms with Gasteiger partial charge in [0.15, 0.2) is 0 Å². The number of rotatable bonds is 8. The van der Waals surface area contributed by atoms with E-state index in [1.807, 2.05) is 37.3 Å². The molecule has 8 heteroatoms. The number of halogens is 2. The Balaban J connectivity index is 1.45. The summed E-state index contributed by atoms with van der Waals surface area (Å²) in [6.45, 7) is 2.52. The number of carbonyl (C=O) groups is 2. The van der Waals surface area contributed by atoms with Crippen molar-refractivity contribution in [1.82, 2.24) is 4.90 Å². The lowest BCUT2D eigenvalue weighted by atomic mass is 10.1. The summed E-state index contributed by atoms with van der Waals surface area (Å²) in [6, 6.07) is 13.0. The summed E-state index contributed by atoms with van der Waals surface area (Å²) in [5.41, 5.74) is 2.61. The molecule has 1 fully saturated rings. The van der Waals surface area contributed by atoms with E-state index in [2.05, 4.69) is 5.32 Å². The van der Waals surface area contributed by atoms with Gasteiger partial charge in [-0.1, -0.05) is 77.9 Å². The molecule has 2 aromatic carbocycles. The van der Waals surface area contributed by atoms with Crippen molar-refractivity contribution in [1.29, 1.82) is 0 Å². The van der Waals surface area contributed by atoms with E-state index in [-0.39, 0.29) is 11.8 Å². The first-order valence-corrected chi connectivity index (χ1v) is 11.9. The van der Waals surface area contributed by atoms with Crippen LogP contribution < -0.4 is 5.32 Å². The number of thioether (sulfide) groups is 1. The minimum atomic E-state index is -0.122. The first-order valence-electron chi connectivity index (χ1n) is 9.91. The number of nitrogens with one attached hydrogen (secondary N) is 1. The van der Waals surface area contributed by atoms with Gasteiger partial charge in [0.1, 0.15) is 4.32 Å². The van der Waals surface area contributed by atoms with Crippen molar-refractivity contribution < 1.29 is 9.59 Å². The summed E-state index contributed by atoms with van der Waals surface area (Å²) < 4.78 is 0.534. The van der Waals surface area contributed by atoms with Crippen molar-refractivity contribution >= 4 is 75.1 Å². The molecule has 0 aromatic heterocycles. The molecule has 1 N–H and O–H groups in total. The van der Waals surface area contributed by atoms with Gasteiger partial charge in [-0.2, -0.15) is 0 Å². The fourth-order valence-electron chi connectivity index (χ4n) is 3.14. The summed E-state index contributed by atoms with van der Waals surface area (Å²) in [6.07, 6.45) is 4.52. The maximum Gasteiger partial charge on any atom is 0.266 e. The lowest BCUT2D eigenvalue weighted by Crippen LogP contribution is -2.29. The van der Waals surface area contributed by atoms with Crippen molar-refractivity contribution in [2.45, 2.75) is 32.6 Å². The van der Waals surface area contributed by atoms with Crippen LogP contribution >= 0.6 is 47.2 Å². The zero-order chi connectivity index (χ0) is 22.4. The Kier molecular flexibility index (Phi) is 8.55. The predicted octanol–water partition coefficient (Wildman–Crippen LogP) is 6.70. The highest BCUT2D eigenvalue weighted by molar-refractivity contribution is 8.26. The number of carbonyl (C=O) groups excluding carboxylic acids is 2. The zero-order valence-corrected chi connectivity index (χ0v) is 20.1. The number of amides is 2. The van der Waals surface area contributed by atoms with Gasteiger partial charge in [-0.05, 0) is 55.2 Å². The molecule has 0 atom stereocenters. The molecule has 0 unspecified atom stereocenters. The number of thiocarbonyl (C=S) groups is 1. The Labute approximate surface area is 202 Å². The highest BCUT2D eigenvalue weighted by Gasteiger charge is 2.31. The van der Waals surface area contributed by atoms with Crippen LogP contribution in [0.3, 0.4) is 0 Å². The first kappa shape index (κ1) is 23.8. The Bertz CT molecular complexity index is 1040. The van der Waals surface area contributed by atoms with E-state index in [9.17, 15) is 9.59 Å². The standard InChI is InChI=1S/C23H22Cl2N2O2S2/c1-15-7-5-9-17(13-15)26-20(28)11-3-2-4-12-27-22(29)19(31-23(27)30)14-16-8-6-10-18(24)21(16)25/h5-10,13-14H,2-4,11-12H2,1H3,(H,26,28)/b19-14-. The lowest BCUT2D eigenvalue weighted by molar-refractivity contribution is -0.122. The highest BCUT2D eigenvalue weighted by atomic mass is 35.5. The van der Waals surface area contributed by atoms with Crippen molar-refractivity contribution in [3.63, 3.8) is 0 Å². The maximum atomic E-state index is 12.7. The molecule has 1 aliphatic heterocycles. The molecule has 0 radical (unpaired) electrons. The summed E-state index contributed by atoms with van der Waals surface area (Å²) in [4.78, 5) is 27.0. The summed E-state index contributed by atoms with van der Waals surface area (Å²) in [5, 5.41) is 3.77.